The highest BCUT2D eigenvalue weighted by molar-refractivity contribution is 9.10. The fourth-order valence-corrected chi connectivity index (χ4v) is 3.69. The van der Waals surface area contributed by atoms with Crippen LogP contribution in [0.3, 0.4) is 0 Å². The highest BCUT2D eigenvalue weighted by Gasteiger charge is 2.41. The molecule has 4 nitrogen and oxygen atoms in total. The summed E-state index contributed by atoms with van der Waals surface area (Å²) in [5.74, 6) is -3.73. The molecule has 3 heterocycles. The van der Waals surface area contributed by atoms with Crippen molar-refractivity contribution in [3.8, 4) is 0 Å². The monoisotopic (exact) mass is 441 g/mol. The van der Waals surface area contributed by atoms with Gasteiger partial charge in [-0.3, -0.25) is 4.79 Å². The Kier molecular flexibility index (Phi) is 5.15. The molecule has 0 N–H and O–H groups in total. The topological polar surface area (TPSA) is 36.4 Å². The van der Waals surface area contributed by atoms with E-state index in [9.17, 15) is 26.7 Å². The van der Waals surface area contributed by atoms with Crippen LogP contribution in [0.15, 0.2) is 16.7 Å². The van der Waals surface area contributed by atoms with Crippen molar-refractivity contribution in [3.63, 3.8) is 0 Å². The predicted octanol–water partition coefficient (Wildman–Crippen LogP) is 3.95. The maximum atomic E-state index is 13.3. The fraction of sp³-hybridized carbons (Fsp3) is 0.625. The first kappa shape index (κ1) is 19.3. The molecule has 3 rings (SSSR count). The van der Waals surface area contributed by atoms with E-state index in [-0.39, 0.29) is 55.2 Å². The average molecular weight is 442 g/mol. The summed E-state index contributed by atoms with van der Waals surface area (Å²) in [6.07, 6.45) is -3.65. The smallest absolute Gasteiger partial charge is 0.355 e. The Hall–Kier alpha value is -1.45. The van der Waals surface area contributed by atoms with Gasteiger partial charge in [0, 0.05) is 49.7 Å². The van der Waals surface area contributed by atoms with Gasteiger partial charge < -0.3 is 9.80 Å². The van der Waals surface area contributed by atoms with Gasteiger partial charge in [-0.2, -0.15) is 13.2 Å². The minimum atomic E-state index is -4.56. The van der Waals surface area contributed by atoms with E-state index in [1.54, 1.807) is 0 Å². The predicted molar refractivity (Wildman–Crippen MR) is 88.0 cm³/mol. The lowest BCUT2D eigenvalue weighted by Gasteiger charge is -2.33. The molecule has 26 heavy (non-hydrogen) atoms. The molecule has 0 spiro atoms. The second kappa shape index (κ2) is 6.94. The largest absolute Gasteiger partial charge is 0.419 e. The van der Waals surface area contributed by atoms with E-state index in [2.05, 4.69) is 20.9 Å². The Bertz CT molecular complexity index is 687. The number of alkyl halides is 5. The minimum absolute atomic E-state index is 0.0212. The number of pyridine rings is 1. The molecule has 1 unspecified atom stereocenters. The Labute approximate surface area is 155 Å². The molecule has 2 saturated heterocycles. The van der Waals surface area contributed by atoms with Crippen LogP contribution in [-0.4, -0.2) is 47.9 Å². The molecule has 10 heteroatoms. The number of hydrogen-bond donors (Lipinski definition) is 0. The molecule has 0 aromatic carbocycles. The van der Waals surface area contributed by atoms with Gasteiger partial charge in [-0.15, -0.1) is 0 Å². The number of aromatic nitrogens is 1. The van der Waals surface area contributed by atoms with Crippen LogP contribution < -0.4 is 4.90 Å². The third-order valence-corrected chi connectivity index (χ3v) is 5.22. The van der Waals surface area contributed by atoms with Gasteiger partial charge in [-0.25, -0.2) is 13.8 Å². The number of anilines is 1. The molecule has 0 aliphatic carbocycles. The molecule has 2 aliphatic rings. The minimum Gasteiger partial charge on any atom is -0.355 e. The number of nitrogens with zero attached hydrogens (tertiary/aromatic N) is 3. The fourth-order valence-electron chi connectivity index (χ4n) is 3.36. The van der Waals surface area contributed by atoms with Crippen molar-refractivity contribution in [2.24, 2.45) is 5.92 Å². The summed E-state index contributed by atoms with van der Waals surface area (Å²) < 4.78 is 66.5. The Morgan fingerprint density at radius 2 is 1.88 bits per heavy atom. The van der Waals surface area contributed by atoms with Gasteiger partial charge >= 0.3 is 6.18 Å². The zero-order chi connectivity index (χ0) is 19.1. The zero-order valence-electron chi connectivity index (χ0n) is 13.7. The SMILES string of the molecule is O=C(C1CCN(c2ncc(Br)cc2C(F)(F)F)C1)N1CCC(F)(F)CC1. The summed E-state index contributed by atoms with van der Waals surface area (Å²) >= 11 is 2.99. The summed E-state index contributed by atoms with van der Waals surface area (Å²) in [5.41, 5.74) is -0.863. The Morgan fingerprint density at radius 1 is 1.23 bits per heavy atom. The Morgan fingerprint density at radius 3 is 2.50 bits per heavy atom. The van der Waals surface area contributed by atoms with E-state index in [4.69, 9.17) is 0 Å². The zero-order valence-corrected chi connectivity index (χ0v) is 15.3. The van der Waals surface area contributed by atoms with E-state index >= 15 is 0 Å². The number of piperidine rings is 1. The van der Waals surface area contributed by atoms with E-state index in [1.165, 1.54) is 16.0 Å². The first-order valence-electron chi connectivity index (χ1n) is 8.21. The number of rotatable bonds is 2. The summed E-state index contributed by atoms with van der Waals surface area (Å²) in [5, 5.41) is 0. The van der Waals surface area contributed by atoms with Crippen LogP contribution in [-0.2, 0) is 11.0 Å². The van der Waals surface area contributed by atoms with Crippen LogP contribution in [0.5, 0.6) is 0 Å². The van der Waals surface area contributed by atoms with Gasteiger partial charge in [0.05, 0.1) is 11.5 Å². The third-order valence-electron chi connectivity index (χ3n) is 4.78. The summed E-state index contributed by atoms with van der Waals surface area (Å²) in [6, 6.07) is 0.962. The molecule has 2 aliphatic heterocycles. The van der Waals surface area contributed by atoms with Crippen LogP contribution in [0.25, 0.3) is 0 Å². The van der Waals surface area contributed by atoms with Crippen molar-refractivity contribution in [1.29, 1.82) is 0 Å². The van der Waals surface area contributed by atoms with Crippen molar-refractivity contribution in [2.45, 2.75) is 31.4 Å². The van der Waals surface area contributed by atoms with Gasteiger partial charge in [0.1, 0.15) is 5.82 Å². The normalized spacial score (nSPS) is 23.4. The van der Waals surface area contributed by atoms with E-state index < -0.39 is 23.6 Å². The molecule has 1 aromatic heterocycles. The molecule has 1 aromatic rings. The maximum absolute atomic E-state index is 13.3. The molecule has 1 amide bonds. The number of amides is 1. The summed E-state index contributed by atoms with van der Waals surface area (Å²) in [7, 11) is 0. The first-order chi connectivity index (χ1) is 12.1. The number of hydrogen-bond acceptors (Lipinski definition) is 3. The van der Waals surface area contributed by atoms with Crippen LogP contribution in [0.4, 0.5) is 27.8 Å². The van der Waals surface area contributed by atoms with Gasteiger partial charge in [0.15, 0.2) is 0 Å². The van der Waals surface area contributed by atoms with Crippen molar-refractivity contribution in [1.82, 2.24) is 9.88 Å². The molecule has 2 fully saturated rings. The highest BCUT2D eigenvalue weighted by atomic mass is 79.9. The van der Waals surface area contributed by atoms with E-state index in [1.807, 2.05) is 0 Å². The van der Waals surface area contributed by atoms with Crippen LogP contribution >= 0.6 is 15.9 Å². The summed E-state index contributed by atoms with van der Waals surface area (Å²) in [4.78, 5) is 19.3. The summed E-state index contributed by atoms with van der Waals surface area (Å²) in [6.45, 7) is 0.320. The maximum Gasteiger partial charge on any atom is 0.419 e. The Balaban J connectivity index is 1.71. The van der Waals surface area contributed by atoms with Crippen molar-refractivity contribution < 1.29 is 26.7 Å². The van der Waals surface area contributed by atoms with E-state index in [0.29, 0.717) is 6.42 Å². The molecular formula is C16H17BrF5N3O. The quantitative estimate of drug-likeness (QED) is 0.652. The lowest BCUT2D eigenvalue weighted by atomic mass is 10.0. The van der Waals surface area contributed by atoms with E-state index in [0.717, 1.165) is 6.07 Å². The molecule has 144 valence electrons. The first-order valence-corrected chi connectivity index (χ1v) is 9.00. The van der Waals surface area contributed by atoms with Gasteiger partial charge in [-0.1, -0.05) is 0 Å². The van der Waals surface area contributed by atoms with Crippen LogP contribution in [0.1, 0.15) is 24.8 Å². The second-order valence-electron chi connectivity index (χ2n) is 6.64. The van der Waals surface area contributed by atoms with Gasteiger partial charge in [0.25, 0.3) is 5.92 Å². The number of likely N-dealkylation sites (tertiary alicyclic amines) is 1. The lowest BCUT2D eigenvalue weighted by Crippen LogP contribution is -2.45. The van der Waals surface area contributed by atoms with Crippen LogP contribution in [0.2, 0.25) is 0 Å². The van der Waals surface area contributed by atoms with Crippen LogP contribution in [0, 0.1) is 5.92 Å². The number of carbonyl (C=O) groups excluding carboxylic acids is 1. The van der Waals surface area contributed by atoms with Crippen molar-refractivity contribution in [2.75, 3.05) is 31.1 Å². The second-order valence-corrected chi connectivity index (χ2v) is 7.55. The third kappa shape index (κ3) is 4.10. The van der Waals surface area contributed by atoms with Crippen molar-refractivity contribution in [3.05, 3.63) is 22.3 Å². The highest BCUT2D eigenvalue weighted by Crippen LogP contribution is 2.38. The lowest BCUT2D eigenvalue weighted by molar-refractivity contribution is -0.140. The molecule has 0 saturated carbocycles. The van der Waals surface area contributed by atoms with Gasteiger partial charge in [0.2, 0.25) is 5.91 Å². The number of carbonyl (C=O) groups is 1. The molecule has 0 bridgehead atoms. The molecule has 1 atom stereocenters. The molecular weight excluding hydrogens is 425 g/mol. The number of halogens is 6. The van der Waals surface area contributed by atoms with Crippen molar-refractivity contribution >= 4 is 27.7 Å². The molecule has 0 radical (unpaired) electrons. The van der Waals surface area contributed by atoms with Gasteiger partial charge in [-0.05, 0) is 28.4 Å². The average Bonchev–Trinajstić information content (AvgIpc) is 3.03. The standard InChI is InChI=1S/C16H17BrF5N3O/c17-11-7-12(16(20,21)22)13(23-8-11)25-4-1-10(9-25)14(26)24-5-2-15(18,19)3-6-24/h7-8,10H,1-6,9H2.